The number of nitrogens with one attached hydrogen (secondary N) is 1. The molecule has 21 heavy (non-hydrogen) atoms. The van der Waals surface area contributed by atoms with E-state index < -0.39 is 44.0 Å². The predicted octanol–water partition coefficient (Wildman–Crippen LogP) is 1.89. The highest BCUT2D eigenvalue weighted by atomic mass is 32.2. The number of rotatable bonds is 4. The van der Waals surface area contributed by atoms with Crippen molar-refractivity contribution in [3.05, 3.63) is 29.8 Å². The molecule has 1 aliphatic rings. The van der Waals surface area contributed by atoms with Crippen LogP contribution < -0.4 is 4.72 Å². The monoisotopic (exact) mass is 319 g/mol. The van der Waals surface area contributed by atoms with E-state index in [4.69, 9.17) is 0 Å². The van der Waals surface area contributed by atoms with E-state index in [1.165, 1.54) is 6.92 Å². The molecule has 0 aliphatic heterocycles. The average molecular weight is 319 g/mol. The molecule has 0 bridgehead atoms. The van der Waals surface area contributed by atoms with Crippen molar-refractivity contribution in [2.24, 2.45) is 5.41 Å². The van der Waals surface area contributed by atoms with E-state index in [1.54, 1.807) is 0 Å². The Balaban J connectivity index is 2.29. The summed E-state index contributed by atoms with van der Waals surface area (Å²) in [6, 6.07) is 1.45. The van der Waals surface area contributed by atoms with Crippen LogP contribution in [0.3, 0.4) is 0 Å². The molecule has 2 atom stereocenters. The lowest BCUT2D eigenvalue weighted by Crippen LogP contribution is -2.46. The molecule has 2 rings (SSSR count). The van der Waals surface area contributed by atoms with Gasteiger partial charge in [-0.05, 0) is 38.0 Å². The summed E-state index contributed by atoms with van der Waals surface area (Å²) in [5.41, 5.74) is -1.20. The van der Waals surface area contributed by atoms with Gasteiger partial charge in [-0.2, -0.15) is 0 Å². The van der Waals surface area contributed by atoms with Crippen LogP contribution in [0.1, 0.15) is 26.2 Å². The molecule has 1 aromatic rings. The van der Waals surface area contributed by atoms with Crippen LogP contribution in [0.2, 0.25) is 0 Å². The van der Waals surface area contributed by atoms with Gasteiger partial charge in [0.25, 0.3) is 0 Å². The fraction of sp³-hybridized carbons (Fsp3) is 0.462. The lowest BCUT2D eigenvalue weighted by atomic mass is 9.85. The van der Waals surface area contributed by atoms with E-state index in [1.807, 2.05) is 0 Å². The summed E-state index contributed by atoms with van der Waals surface area (Å²) < 4.78 is 52.6. The standard InChI is InChI=1S/C13H15F2NO4S/c1-13(12(17)18)6-2-3-11(13)16-21(19,20)8-4-5-9(14)10(15)7-8/h4-5,7,11,16H,2-3,6H2,1H3,(H,17,18). The van der Waals surface area contributed by atoms with Crippen molar-refractivity contribution in [2.75, 3.05) is 0 Å². The molecule has 1 aromatic carbocycles. The van der Waals surface area contributed by atoms with Crippen LogP contribution in [-0.2, 0) is 14.8 Å². The van der Waals surface area contributed by atoms with Crippen molar-refractivity contribution < 1.29 is 27.1 Å². The number of aliphatic carboxylic acids is 1. The first kappa shape index (κ1) is 15.8. The van der Waals surface area contributed by atoms with Crippen LogP contribution in [0.15, 0.2) is 23.1 Å². The van der Waals surface area contributed by atoms with E-state index in [-0.39, 0.29) is 0 Å². The zero-order chi connectivity index (χ0) is 15.8. The van der Waals surface area contributed by atoms with Crippen LogP contribution >= 0.6 is 0 Å². The molecule has 0 spiro atoms. The molecule has 5 nitrogen and oxygen atoms in total. The van der Waals surface area contributed by atoms with E-state index in [2.05, 4.69) is 4.72 Å². The summed E-state index contributed by atoms with van der Waals surface area (Å²) >= 11 is 0. The number of benzene rings is 1. The predicted molar refractivity (Wildman–Crippen MR) is 70.1 cm³/mol. The van der Waals surface area contributed by atoms with E-state index in [9.17, 15) is 27.1 Å². The second kappa shape index (κ2) is 5.34. The van der Waals surface area contributed by atoms with Gasteiger partial charge in [0.2, 0.25) is 10.0 Å². The molecule has 2 unspecified atom stereocenters. The largest absolute Gasteiger partial charge is 0.481 e. The molecule has 0 radical (unpaired) electrons. The first-order valence-corrected chi connectivity index (χ1v) is 7.86. The fourth-order valence-electron chi connectivity index (χ4n) is 2.51. The topological polar surface area (TPSA) is 83.5 Å². The first-order chi connectivity index (χ1) is 9.67. The Labute approximate surface area is 121 Å². The first-order valence-electron chi connectivity index (χ1n) is 6.37. The SMILES string of the molecule is CC1(C(=O)O)CCCC1NS(=O)(=O)c1ccc(F)c(F)c1. The van der Waals surface area contributed by atoms with Crippen molar-refractivity contribution in [1.82, 2.24) is 4.72 Å². The third kappa shape index (κ3) is 2.91. The number of carbonyl (C=O) groups is 1. The molecular formula is C13H15F2NO4S. The number of halogens is 2. The molecule has 0 saturated heterocycles. The molecule has 0 amide bonds. The highest BCUT2D eigenvalue weighted by Crippen LogP contribution is 2.38. The summed E-state index contributed by atoms with van der Waals surface area (Å²) in [5.74, 6) is -3.51. The highest BCUT2D eigenvalue weighted by Gasteiger charge is 2.46. The smallest absolute Gasteiger partial charge is 0.310 e. The van der Waals surface area contributed by atoms with Crippen LogP contribution in [0.4, 0.5) is 8.78 Å². The third-order valence-corrected chi connectivity index (χ3v) is 5.41. The molecule has 8 heteroatoms. The van der Waals surface area contributed by atoms with Gasteiger partial charge in [-0.25, -0.2) is 21.9 Å². The van der Waals surface area contributed by atoms with Gasteiger partial charge in [0.05, 0.1) is 10.3 Å². The summed E-state index contributed by atoms with van der Waals surface area (Å²) in [7, 11) is -4.11. The fourth-order valence-corrected chi connectivity index (χ4v) is 3.90. The second-order valence-corrected chi connectivity index (χ2v) is 7.08. The van der Waals surface area contributed by atoms with Gasteiger partial charge < -0.3 is 5.11 Å². The third-order valence-electron chi connectivity index (χ3n) is 3.95. The van der Waals surface area contributed by atoms with Crippen molar-refractivity contribution in [3.8, 4) is 0 Å². The van der Waals surface area contributed by atoms with E-state index in [0.29, 0.717) is 25.3 Å². The summed E-state index contributed by atoms with van der Waals surface area (Å²) in [4.78, 5) is 10.9. The number of hydrogen-bond donors (Lipinski definition) is 2. The van der Waals surface area contributed by atoms with Crippen molar-refractivity contribution in [3.63, 3.8) is 0 Å². The Morgan fingerprint density at radius 1 is 1.38 bits per heavy atom. The second-order valence-electron chi connectivity index (χ2n) is 5.36. The number of carboxylic acid groups (broad SMARTS) is 1. The van der Waals surface area contributed by atoms with Crippen LogP contribution in [0, 0.1) is 17.0 Å². The molecule has 0 heterocycles. The summed E-state index contributed by atoms with van der Waals surface area (Å²) in [6.07, 6.45) is 1.31. The maximum Gasteiger partial charge on any atom is 0.310 e. The molecule has 2 N–H and O–H groups in total. The van der Waals surface area contributed by atoms with Crippen molar-refractivity contribution in [1.29, 1.82) is 0 Å². The minimum atomic E-state index is -4.11. The van der Waals surface area contributed by atoms with E-state index in [0.717, 1.165) is 12.1 Å². The number of carboxylic acids is 1. The Morgan fingerprint density at radius 3 is 2.62 bits per heavy atom. The molecular weight excluding hydrogens is 304 g/mol. The molecule has 0 aromatic heterocycles. The Hall–Kier alpha value is -1.54. The molecule has 116 valence electrons. The quantitative estimate of drug-likeness (QED) is 0.887. The molecule has 1 aliphatic carbocycles. The maximum atomic E-state index is 13.1. The van der Waals surface area contributed by atoms with Crippen molar-refractivity contribution >= 4 is 16.0 Å². The Morgan fingerprint density at radius 2 is 2.05 bits per heavy atom. The van der Waals surface area contributed by atoms with Crippen LogP contribution in [0.25, 0.3) is 0 Å². The van der Waals surface area contributed by atoms with Gasteiger partial charge in [-0.15, -0.1) is 0 Å². The van der Waals surface area contributed by atoms with E-state index >= 15 is 0 Å². The molecule has 1 saturated carbocycles. The Kier molecular flexibility index (Phi) is 4.03. The average Bonchev–Trinajstić information content (AvgIpc) is 2.75. The highest BCUT2D eigenvalue weighted by molar-refractivity contribution is 7.89. The lowest BCUT2D eigenvalue weighted by molar-refractivity contribution is -0.148. The zero-order valence-electron chi connectivity index (χ0n) is 11.3. The number of hydrogen-bond acceptors (Lipinski definition) is 3. The van der Waals surface area contributed by atoms with Gasteiger partial charge in [0, 0.05) is 6.04 Å². The van der Waals surface area contributed by atoms with Crippen LogP contribution in [-0.4, -0.2) is 25.5 Å². The summed E-state index contributed by atoms with van der Waals surface area (Å²) in [6.45, 7) is 1.47. The number of sulfonamides is 1. The minimum absolute atomic E-state index is 0.354. The molecule has 1 fully saturated rings. The normalized spacial score (nSPS) is 26.0. The summed E-state index contributed by atoms with van der Waals surface area (Å²) in [5, 5.41) is 9.25. The van der Waals surface area contributed by atoms with Gasteiger partial charge in [-0.3, -0.25) is 4.79 Å². The van der Waals surface area contributed by atoms with Gasteiger partial charge in [0.15, 0.2) is 11.6 Å². The van der Waals surface area contributed by atoms with Gasteiger partial charge >= 0.3 is 5.97 Å². The van der Waals surface area contributed by atoms with Crippen LogP contribution in [0.5, 0.6) is 0 Å². The maximum absolute atomic E-state index is 13.1. The minimum Gasteiger partial charge on any atom is -0.481 e. The van der Waals surface area contributed by atoms with Crippen molar-refractivity contribution in [2.45, 2.75) is 37.1 Å². The Bertz CT molecular complexity index is 677. The van der Waals surface area contributed by atoms with Gasteiger partial charge in [-0.1, -0.05) is 6.42 Å². The van der Waals surface area contributed by atoms with Gasteiger partial charge in [0.1, 0.15) is 0 Å². The lowest BCUT2D eigenvalue weighted by Gasteiger charge is -2.27. The zero-order valence-corrected chi connectivity index (χ0v) is 12.1.